The molecule has 3 heteroatoms. The van der Waals surface area contributed by atoms with Gasteiger partial charge in [0, 0.05) is 18.8 Å². The van der Waals surface area contributed by atoms with Crippen LogP contribution in [0.3, 0.4) is 0 Å². The number of nitrogens with one attached hydrogen (secondary N) is 1. The predicted molar refractivity (Wildman–Crippen MR) is 81.1 cm³/mol. The molecule has 1 aromatic rings. The van der Waals surface area contributed by atoms with Crippen LogP contribution in [0.2, 0.25) is 0 Å². The zero-order chi connectivity index (χ0) is 13.7. The lowest BCUT2D eigenvalue weighted by atomic mass is 10.1. The molecule has 0 radical (unpaired) electrons. The summed E-state index contributed by atoms with van der Waals surface area (Å²) < 4.78 is 5.81. The number of hydrogen-bond donors (Lipinski definition) is 1. The summed E-state index contributed by atoms with van der Waals surface area (Å²) in [5, 5.41) is 3.27. The Bertz CT molecular complexity index is 377. The van der Waals surface area contributed by atoms with E-state index in [2.05, 4.69) is 48.3 Å². The molecule has 2 unspecified atom stereocenters. The van der Waals surface area contributed by atoms with Gasteiger partial charge in [-0.2, -0.15) is 0 Å². The Labute approximate surface area is 116 Å². The summed E-state index contributed by atoms with van der Waals surface area (Å²) in [5.74, 6) is 1.75. The molecule has 0 aromatic heterocycles. The van der Waals surface area contributed by atoms with Gasteiger partial charge < -0.3 is 15.0 Å². The maximum atomic E-state index is 5.81. The Hall–Kier alpha value is -1.22. The van der Waals surface area contributed by atoms with Gasteiger partial charge in [-0.15, -0.1) is 0 Å². The summed E-state index contributed by atoms with van der Waals surface area (Å²) in [6.07, 6.45) is 2.61. The van der Waals surface area contributed by atoms with Gasteiger partial charge >= 0.3 is 0 Å². The first-order valence-corrected chi connectivity index (χ1v) is 7.39. The zero-order valence-corrected chi connectivity index (χ0v) is 12.4. The minimum absolute atomic E-state index is 0.289. The van der Waals surface area contributed by atoms with E-state index < -0.39 is 0 Å². The van der Waals surface area contributed by atoms with Crippen LogP contribution in [0.1, 0.15) is 26.7 Å². The van der Waals surface area contributed by atoms with Crippen molar-refractivity contribution in [2.24, 2.45) is 5.92 Å². The molecule has 1 N–H and O–H groups in total. The van der Waals surface area contributed by atoms with Gasteiger partial charge in [-0.25, -0.2) is 0 Å². The molecule has 1 aliphatic rings. The summed E-state index contributed by atoms with van der Waals surface area (Å²) in [5.41, 5.74) is 1.31. The van der Waals surface area contributed by atoms with Crippen LogP contribution in [-0.4, -0.2) is 32.8 Å². The molecular formula is C16H26N2O. The zero-order valence-electron chi connectivity index (χ0n) is 12.4. The highest BCUT2D eigenvalue weighted by Crippen LogP contribution is 2.26. The monoisotopic (exact) mass is 262 g/mol. The van der Waals surface area contributed by atoms with Crippen molar-refractivity contribution in [1.82, 2.24) is 5.32 Å². The summed E-state index contributed by atoms with van der Waals surface area (Å²) in [7, 11) is 2.03. The Morgan fingerprint density at radius 1 is 1.37 bits per heavy atom. The highest BCUT2D eigenvalue weighted by atomic mass is 16.5. The van der Waals surface area contributed by atoms with Crippen LogP contribution in [0.25, 0.3) is 0 Å². The number of ether oxygens (including phenoxy) is 1. The van der Waals surface area contributed by atoms with Crippen molar-refractivity contribution in [3.63, 3.8) is 0 Å². The lowest BCUT2D eigenvalue weighted by Gasteiger charge is -2.20. The topological polar surface area (TPSA) is 24.5 Å². The number of rotatable bonds is 6. The largest absolute Gasteiger partial charge is 0.491 e. The molecule has 2 rings (SSSR count). The number of hydrogen-bond acceptors (Lipinski definition) is 3. The van der Waals surface area contributed by atoms with Crippen molar-refractivity contribution in [2.75, 3.05) is 31.6 Å². The van der Waals surface area contributed by atoms with E-state index in [0.717, 1.165) is 37.7 Å². The third-order valence-corrected chi connectivity index (χ3v) is 3.89. The van der Waals surface area contributed by atoms with Crippen LogP contribution < -0.4 is 15.0 Å². The Morgan fingerprint density at radius 3 is 2.74 bits per heavy atom. The van der Waals surface area contributed by atoms with Gasteiger partial charge in [0.15, 0.2) is 0 Å². The lowest BCUT2D eigenvalue weighted by molar-refractivity contribution is 0.217. The molecule has 0 saturated carbocycles. The lowest BCUT2D eigenvalue weighted by Crippen LogP contribution is -2.24. The molecule has 106 valence electrons. The smallest absolute Gasteiger partial charge is 0.119 e. The minimum atomic E-state index is 0.289. The molecular weight excluding hydrogens is 236 g/mol. The fourth-order valence-electron chi connectivity index (χ4n) is 2.57. The molecule has 3 nitrogen and oxygen atoms in total. The van der Waals surface area contributed by atoms with Crippen LogP contribution in [0, 0.1) is 5.92 Å². The summed E-state index contributed by atoms with van der Waals surface area (Å²) in [4.78, 5) is 2.47. The van der Waals surface area contributed by atoms with E-state index in [4.69, 9.17) is 4.74 Å². The van der Waals surface area contributed by atoms with Crippen molar-refractivity contribution in [1.29, 1.82) is 0 Å². The van der Waals surface area contributed by atoms with Crippen molar-refractivity contribution in [2.45, 2.75) is 32.8 Å². The quantitative estimate of drug-likeness (QED) is 0.853. The molecule has 1 heterocycles. The Morgan fingerprint density at radius 2 is 2.11 bits per heavy atom. The van der Waals surface area contributed by atoms with E-state index in [1.807, 2.05) is 7.05 Å². The molecule has 0 aliphatic carbocycles. The van der Waals surface area contributed by atoms with E-state index in [-0.39, 0.29) is 6.10 Å². The maximum Gasteiger partial charge on any atom is 0.119 e. The van der Waals surface area contributed by atoms with Gasteiger partial charge in [-0.3, -0.25) is 0 Å². The summed E-state index contributed by atoms with van der Waals surface area (Å²) >= 11 is 0. The molecule has 1 fully saturated rings. The second-order valence-corrected chi connectivity index (χ2v) is 5.49. The highest BCUT2D eigenvalue weighted by molar-refractivity contribution is 5.49. The van der Waals surface area contributed by atoms with Crippen molar-refractivity contribution in [3.05, 3.63) is 24.3 Å². The first-order chi connectivity index (χ1) is 9.22. The van der Waals surface area contributed by atoms with Crippen LogP contribution in [-0.2, 0) is 0 Å². The summed E-state index contributed by atoms with van der Waals surface area (Å²) in [6, 6.07) is 8.54. The Balaban J connectivity index is 1.92. The first-order valence-electron chi connectivity index (χ1n) is 7.39. The molecule has 1 aliphatic heterocycles. The second-order valence-electron chi connectivity index (χ2n) is 5.49. The van der Waals surface area contributed by atoms with Crippen LogP contribution in [0.4, 0.5) is 5.69 Å². The van der Waals surface area contributed by atoms with Crippen LogP contribution in [0.5, 0.6) is 5.75 Å². The molecule has 0 amide bonds. The van der Waals surface area contributed by atoms with E-state index in [9.17, 15) is 0 Å². The maximum absolute atomic E-state index is 5.81. The number of anilines is 1. The van der Waals surface area contributed by atoms with Crippen LogP contribution in [0.15, 0.2) is 24.3 Å². The minimum Gasteiger partial charge on any atom is -0.491 e. The fourth-order valence-corrected chi connectivity index (χ4v) is 2.57. The molecule has 0 bridgehead atoms. The van der Waals surface area contributed by atoms with Gasteiger partial charge in [-0.05, 0) is 63.5 Å². The van der Waals surface area contributed by atoms with Crippen LogP contribution >= 0.6 is 0 Å². The van der Waals surface area contributed by atoms with E-state index in [1.165, 1.54) is 12.1 Å². The van der Waals surface area contributed by atoms with E-state index in [0.29, 0.717) is 0 Å². The average Bonchev–Trinajstić information content (AvgIpc) is 2.88. The standard InChI is InChI=1S/C16H26N2O/c1-4-13(2)19-16-7-5-15(6-8-16)18-10-9-14(12-18)11-17-3/h5-8,13-14,17H,4,9-12H2,1-3H3. The van der Waals surface area contributed by atoms with Gasteiger partial charge in [0.25, 0.3) is 0 Å². The third kappa shape index (κ3) is 3.87. The third-order valence-electron chi connectivity index (χ3n) is 3.89. The average molecular weight is 262 g/mol. The van der Waals surface area contributed by atoms with E-state index >= 15 is 0 Å². The molecule has 1 aromatic carbocycles. The second kappa shape index (κ2) is 6.80. The number of benzene rings is 1. The summed E-state index contributed by atoms with van der Waals surface area (Å²) in [6.45, 7) is 7.69. The predicted octanol–water partition coefficient (Wildman–Crippen LogP) is 2.91. The Kier molecular flexibility index (Phi) is 5.08. The van der Waals surface area contributed by atoms with Gasteiger partial charge in [0.1, 0.15) is 5.75 Å². The SMILES string of the molecule is CCC(C)Oc1ccc(N2CCC(CNC)C2)cc1. The molecule has 19 heavy (non-hydrogen) atoms. The van der Waals surface area contributed by atoms with Crippen molar-refractivity contribution in [3.8, 4) is 5.75 Å². The highest BCUT2D eigenvalue weighted by Gasteiger charge is 2.21. The van der Waals surface area contributed by atoms with E-state index in [1.54, 1.807) is 0 Å². The fraction of sp³-hybridized carbons (Fsp3) is 0.625. The van der Waals surface area contributed by atoms with Crippen molar-refractivity contribution < 1.29 is 4.74 Å². The van der Waals surface area contributed by atoms with Gasteiger partial charge in [0.2, 0.25) is 0 Å². The van der Waals surface area contributed by atoms with Gasteiger partial charge in [0.05, 0.1) is 6.10 Å². The number of nitrogens with zero attached hydrogens (tertiary/aromatic N) is 1. The molecule has 1 saturated heterocycles. The van der Waals surface area contributed by atoms with Crippen molar-refractivity contribution >= 4 is 5.69 Å². The molecule has 2 atom stereocenters. The molecule has 0 spiro atoms. The first kappa shape index (κ1) is 14.2. The normalized spacial score (nSPS) is 20.6. The van der Waals surface area contributed by atoms with Gasteiger partial charge in [-0.1, -0.05) is 6.92 Å².